The first-order chi connectivity index (χ1) is 7.40. The Labute approximate surface area is 96.3 Å². The Morgan fingerprint density at radius 1 is 1.44 bits per heavy atom. The molecule has 1 rings (SSSR count). The van der Waals surface area contributed by atoms with Crippen molar-refractivity contribution in [3.05, 3.63) is 23.8 Å². The number of hydrogen-bond acceptors (Lipinski definition) is 4. The van der Waals surface area contributed by atoms with Gasteiger partial charge in [-0.25, -0.2) is 8.42 Å². The van der Waals surface area contributed by atoms with Gasteiger partial charge in [0.25, 0.3) is 0 Å². The van der Waals surface area contributed by atoms with Gasteiger partial charge in [-0.3, -0.25) is 0 Å². The van der Waals surface area contributed by atoms with Crippen LogP contribution < -0.4 is 10.5 Å². The Morgan fingerprint density at radius 3 is 2.50 bits per heavy atom. The first-order valence-corrected chi connectivity index (χ1v) is 6.87. The molecule has 5 heteroatoms. The maximum absolute atomic E-state index is 11.5. The van der Waals surface area contributed by atoms with E-state index in [-0.39, 0.29) is 10.8 Å². The standard InChI is InChI=1S/C11H17NO3S/c1-8(7-12)9-4-5-11(16(3,13)14)10(6-9)15-2/h4-6,8H,7,12H2,1-3H3. The quantitative estimate of drug-likeness (QED) is 0.861. The first kappa shape index (κ1) is 13.0. The molecule has 1 atom stereocenters. The SMILES string of the molecule is COc1cc(C(C)CN)ccc1S(C)(=O)=O. The Balaban J connectivity index is 3.28. The van der Waals surface area contributed by atoms with E-state index in [9.17, 15) is 8.42 Å². The average Bonchev–Trinajstić information content (AvgIpc) is 2.25. The molecule has 0 aliphatic carbocycles. The number of nitrogens with two attached hydrogens (primary N) is 1. The third-order valence-electron chi connectivity index (χ3n) is 2.51. The van der Waals surface area contributed by atoms with Gasteiger partial charge >= 0.3 is 0 Å². The monoisotopic (exact) mass is 243 g/mol. The highest BCUT2D eigenvalue weighted by molar-refractivity contribution is 7.90. The molecule has 0 aromatic heterocycles. The summed E-state index contributed by atoms with van der Waals surface area (Å²) in [5.41, 5.74) is 6.54. The second kappa shape index (κ2) is 4.84. The molecular formula is C11H17NO3S. The van der Waals surface area contributed by atoms with Crippen LogP contribution in [0.5, 0.6) is 5.75 Å². The summed E-state index contributed by atoms with van der Waals surface area (Å²) in [4.78, 5) is 0.211. The fraction of sp³-hybridized carbons (Fsp3) is 0.455. The zero-order chi connectivity index (χ0) is 12.3. The third-order valence-corrected chi connectivity index (χ3v) is 3.65. The zero-order valence-electron chi connectivity index (χ0n) is 9.73. The summed E-state index contributed by atoms with van der Waals surface area (Å²) in [5.74, 6) is 0.558. The first-order valence-electron chi connectivity index (χ1n) is 4.98. The Hall–Kier alpha value is -1.07. The van der Waals surface area contributed by atoms with Gasteiger partial charge in [0.2, 0.25) is 0 Å². The van der Waals surface area contributed by atoms with Crippen LogP contribution >= 0.6 is 0 Å². The molecule has 0 saturated carbocycles. The molecule has 4 nitrogen and oxygen atoms in total. The smallest absolute Gasteiger partial charge is 0.179 e. The van der Waals surface area contributed by atoms with Gasteiger partial charge in [0.15, 0.2) is 9.84 Å². The number of benzene rings is 1. The van der Waals surface area contributed by atoms with Crippen molar-refractivity contribution in [2.75, 3.05) is 19.9 Å². The van der Waals surface area contributed by atoms with E-state index in [0.29, 0.717) is 12.3 Å². The van der Waals surface area contributed by atoms with Gasteiger partial charge in [-0.05, 0) is 30.2 Å². The van der Waals surface area contributed by atoms with Gasteiger partial charge in [0, 0.05) is 6.26 Å². The van der Waals surface area contributed by atoms with E-state index in [4.69, 9.17) is 10.5 Å². The van der Waals surface area contributed by atoms with Crippen molar-refractivity contribution in [2.24, 2.45) is 5.73 Å². The van der Waals surface area contributed by atoms with Crippen molar-refractivity contribution in [1.82, 2.24) is 0 Å². The largest absolute Gasteiger partial charge is 0.495 e. The number of ether oxygens (including phenoxy) is 1. The summed E-state index contributed by atoms with van der Waals surface area (Å²) < 4.78 is 28.0. The van der Waals surface area contributed by atoms with E-state index in [1.807, 2.05) is 6.92 Å². The second-order valence-electron chi connectivity index (χ2n) is 3.82. The Kier molecular flexibility index (Phi) is 3.93. The van der Waals surface area contributed by atoms with Crippen LogP contribution in [0.4, 0.5) is 0 Å². The van der Waals surface area contributed by atoms with Crippen LogP contribution in [0, 0.1) is 0 Å². The lowest BCUT2D eigenvalue weighted by molar-refractivity contribution is 0.402. The molecule has 0 saturated heterocycles. The van der Waals surface area contributed by atoms with Crippen LogP contribution in [-0.4, -0.2) is 28.3 Å². The molecule has 0 bridgehead atoms. The molecule has 1 aromatic rings. The van der Waals surface area contributed by atoms with Crippen LogP contribution in [0.1, 0.15) is 18.4 Å². The molecule has 16 heavy (non-hydrogen) atoms. The van der Waals surface area contributed by atoms with Crippen LogP contribution in [0.15, 0.2) is 23.1 Å². The Morgan fingerprint density at radius 2 is 2.06 bits per heavy atom. The van der Waals surface area contributed by atoms with Crippen molar-refractivity contribution in [3.8, 4) is 5.75 Å². The van der Waals surface area contributed by atoms with Crippen molar-refractivity contribution in [2.45, 2.75) is 17.7 Å². The lowest BCUT2D eigenvalue weighted by Gasteiger charge is -2.13. The van der Waals surface area contributed by atoms with E-state index < -0.39 is 9.84 Å². The minimum Gasteiger partial charge on any atom is -0.495 e. The van der Waals surface area contributed by atoms with Gasteiger partial charge in [0.05, 0.1) is 7.11 Å². The maximum atomic E-state index is 11.5. The molecule has 1 unspecified atom stereocenters. The molecule has 0 aliphatic heterocycles. The van der Waals surface area contributed by atoms with Gasteiger partial charge in [-0.1, -0.05) is 13.0 Å². The van der Waals surface area contributed by atoms with E-state index in [1.54, 1.807) is 18.2 Å². The summed E-state index contributed by atoms with van der Waals surface area (Å²) in [6.07, 6.45) is 1.16. The highest BCUT2D eigenvalue weighted by atomic mass is 32.2. The summed E-state index contributed by atoms with van der Waals surface area (Å²) >= 11 is 0. The third kappa shape index (κ3) is 2.74. The molecule has 90 valence electrons. The van der Waals surface area contributed by atoms with Crippen molar-refractivity contribution in [3.63, 3.8) is 0 Å². The molecular weight excluding hydrogens is 226 g/mol. The molecule has 0 spiro atoms. The highest BCUT2D eigenvalue weighted by Gasteiger charge is 2.15. The molecule has 0 heterocycles. The van der Waals surface area contributed by atoms with Gasteiger partial charge in [-0.2, -0.15) is 0 Å². The molecule has 1 aromatic carbocycles. The number of rotatable bonds is 4. The van der Waals surface area contributed by atoms with Crippen molar-refractivity contribution < 1.29 is 13.2 Å². The number of sulfone groups is 1. The van der Waals surface area contributed by atoms with Crippen LogP contribution in [-0.2, 0) is 9.84 Å². The Bertz CT molecular complexity index is 468. The zero-order valence-corrected chi connectivity index (χ0v) is 10.5. The van der Waals surface area contributed by atoms with E-state index in [1.165, 1.54) is 7.11 Å². The number of hydrogen-bond donors (Lipinski definition) is 1. The summed E-state index contributed by atoms with van der Waals surface area (Å²) in [6.45, 7) is 2.50. The summed E-state index contributed by atoms with van der Waals surface area (Å²) in [6, 6.07) is 5.07. The van der Waals surface area contributed by atoms with Gasteiger partial charge < -0.3 is 10.5 Å². The van der Waals surface area contributed by atoms with Crippen LogP contribution in [0.2, 0.25) is 0 Å². The molecule has 0 aliphatic rings. The fourth-order valence-corrected chi connectivity index (χ4v) is 2.26. The topological polar surface area (TPSA) is 69.4 Å². The average molecular weight is 243 g/mol. The lowest BCUT2D eigenvalue weighted by Crippen LogP contribution is -2.09. The second-order valence-corrected chi connectivity index (χ2v) is 5.80. The molecule has 0 radical (unpaired) electrons. The minimum atomic E-state index is -3.25. The van der Waals surface area contributed by atoms with E-state index in [2.05, 4.69) is 0 Å². The predicted octanol–water partition coefficient (Wildman–Crippen LogP) is 1.16. The van der Waals surface area contributed by atoms with Crippen molar-refractivity contribution >= 4 is 9.84 Å². The summed E-state index contributed by atoms with van der Waals surface area (Å²) in [7, 11) is -1.79. The number of methoxy groups -OCH3 is 1. The predicted molar refractivity (Wildman–Crippen MR) is 63.6 cm³/mol. The van der Waals surface area contributed by atoms with Gasteiger partial charge in [0.1, 0.15) is 10.6 Å². The summed E-state index contributed by atoms with van der Waals surface area (Å²) in [5, 5.41) is 0. The molecule has 2 N–H and O–H groups in total. The van der Waals surface area contributed by atoms with Crippen molar-refractivity contribution in [1.29, 1.82) is 0 Å². The molecule has 0 fully saturated rings. The highest BCUT2D eigenvalue weighted by Crippen LogP contribution is 2.27. The maximum Gasteiger partial charge on any atom is 0.179 e. The lowest BCUT2D eigenvalue weighted by atomic mass is 10.0. The molecule has 0 amide bonds. The fourth-order valence-electron chi connectivity index (χ4n) is 1.43. The van der Waals surface area contributed by atoms with Crippen LogP contribution in [0.3, 0.4) is 0 Å². The van der Waals surface area contributed by atoms with E-state index >= 15 is 0 Å². The van der Waals surface area contributed by atoms with E-state index in [0.717, 1.165) is 11.8 Å². The normalized spacial score (nSPS) is 13.5. The van der Waals surface area contributed by atoms with Crippen LogP contribution in [0.25, 0.3) is 0 Å². The van der Waals surface area contributed by atoms with Gasteiger partial charge in [-0.15, -0.1) is 0 Å². The minimum absolute atomic E-state index is 0.183.